The Morgan fingerprint density at radius 3 is 3.00 bits per heavy atom. The number of likely N-dealkylation sites (N-methyl/N-ethyl adjacent to an activating group) is 1. The summed E-state index contributed by atoms with van der Waals surface area (Å²) in [7, 11) is 0. The minimum atomic E-state index is 0.391. The van der Waals surface area contributed by atoms with Crippen LogP contribution in [0.5, 0.6) is 0 Å². The summed E-state index contributed by atoms with van der Waals surface area (Å²) in [5.74, 6) is 0. The lowest BCUT2D eigenvalue weighted by Crippen LogP contribution is -2.24. The molecule has 0 amide bonds. The zero-order valence-electron chi connectivity index (χ0n) is 10.9. The van der Waals surface area contributed by atoms with Crippen LogP contribution in [-0.2, 0) is 17.6 Å². The number of hydrogen-bond donors (Lipinski definition) is 1. The van der Waals surface area contributed by atoms with Gasteiger partial charge in [0.25, 0.3) is 0 Å². The number of ether oxygens (including phenoxy) is 1. The maximum absolute atomic E-state index is 5.70. The van der Waals surface area contributed by atoms with Crippen molar-refractivity contribution in [3.8, 4) is 0 Å². The predicted molar refractivity (Wildman–Crippen MR) is 73.9 cm³/mol. The summed E-state index contributed by atoms with van der Waals surface area (Å²) in [5.41, 5.74) is 1.59. The van der Waals surface area contributed by atoms with Gasteiger partial charge in [0.2, 0.25) is 0 Å². The molecule has 1 heterocycles. The smallest absolute Gasteiger partial charge is 0.0669 e. The number of hydrogen-bond acceptors (Lipinski definition) is 3. The summed E-state index contributed by atoms with van der Waals surface area (Å²) in [6.45, 7) is 6.99. The Morgan fingerprint density at radius 2 is 2.29 bits per heavy atom. The molecule has 1 aromatic rings. The fourth-order valence-electron chi connectivity index (χ4n) is 2.36. The molecule has 0 spiro atoms. The van der Waals surface area contributed by atoms with Crippen molar-refractivity contribution in [3.63, 3.8) is 0 Å². The van der Waals surface area contributed by atoms with Gasteiger partial charge >= 0.3 is 0 Å². The van der Waals surface area contributed by atoms with Crippen LogP contribution in [0.15, 0.2) is 6.07 Å². The molecule has 1 N–H and O–H groups in total. The molecule has 2 nitrogen and oxygen atoms in total. The third-order valence-corrected chi connectivity index (χ3v) is 4.54. The topological polar surface area (TPSA) is 21.3 Å². The first-order chi connectivity index (χ1) is 8.35. The van der Waals surface area contributed by atoms with Crippen LogP contribution in [0.25, 0.3) is 0 Å². The van der Waals surface area contributed by atoms with Crippen LogP contribution in [0.3, 0.4) is 0 Å². The molecular formula is C14H23NOS. The third-order valence-electron chi connectivity index (χ3n) is 3.19. The van der Waals surface area contributed by atoms with E-state index in [9.17, 15) is 0 Å². The number of aryl methyl sites for hydroxylation is 2. The first-order valence-electron chi connectivity index (χ1n) is 6.77. The fourth-order valence-corrected chi connectivity index (χ4v) is 3.68. The average Bonchev–Trinajstić information content (AvgIpc) is 2.88. The van der Waals surface area contributed by atoms with E-state index in [4.69, 9.17) is 4.74 Å². The molecule has 17 heavy (non-hydrogen) atoms. The molecule has 0 bridgehead atoms. The highest BCUT2D eigenvalue weighted by Gasteiger charge is 2.19. The van der Waals surface area contributed by atoms with Crippen molar-refractivity contribution >= 4 is 11.3 Å². The fraction of sp³-hybridized carbons (Fsp3) is 0.714. The predicted octanol–water partition coefficient (Wildman–Crippen LogP) is 3.31. The number of thiophene rings is 1. The monoisotopic (exact) mass is 253 g/mol. The Hall–Kier alpha value is -0.380. The van der Waals surface area contributed by atoms with Gasteiger partial charge in [0, 0.05) is 16.4 Å². The van der Waals surface area contributed by atoms with Gasteiger partial charge in [-0.05, 0) is 43.9 Å². The standard InChI is InChI=1S/C14H23NOS/c1-3-8-16-10-12(15-4-2)14-9-11-6-5-7-13(11)17-14/h9,12,15H,3-8,10H2,1-2H3. The molecule has 1 aromatic heterocycles. The lowest BCUT2D eigenvalue weighted by Gasteiger charge is -2.16. The molecule has 0 aromatic carbocycles. The molecular weight excluding hydrogens is 230 g/mol. The van der Waals surface area contributed by atoms with Crippen molar-refractivity contribution in [2.45, 2.75) is 45.6 Å². The zero-order chi connectivity index (χ0) is 12.1. The van der Waals surface area contributed by atoms with E-state index in [1.165, 1.54) is 24.1 Å². The van der Waals surface area contributed by atoms with Crippen molar-refractivity contribution in [2.24, 2.45) is 0 Å². The van der Waals surface area contributed by atoms with Crippen molar-refractivity contribution in [2.75, 3.05) is 19.8 Å². The van der Waals surface area contributed by atoms with Gasteiger partial charge in [0.1, 0.15) is 0 Å². The highest BCUT2D eigenvalue weighted by Crippen LogP contribution is 2.33. The third kappa shape index (κ3) is 3.30. The van der Waals surface area contributed by atoms with Crippen LogP contribution in [0.2, 0.25) is 0 Å². The van der Waals surface area contributed by atoms with Crippen molar-refractivity contribution in [1.29, 1.82) is 0 Å². The molecule has 1 aliphatic rings. The van der Waals surface area contributed by atoms with Crippen LogP contribution in [-0.4, -0.2) is 19.8 Å². The van der Waals surface area contributed by atoms with Gasteiger partial charge < -0.3 is 10.1 Å². The Labute approximate surface area is 108 Å². The van der Waals surface area contributed by atoms with Gasteiger partial charge in [-0.3, -0.25) is 0 Å². The van der Waals surface area contributed by atoms with Gasteiger partial charge in [0.15, 0.2) is 0 Å². The van der Waals surface area contributed by atoms with Crippen LogP contribution in [0.4, 0.5) is 0 Å². The summed E-state index contributed by atoms with van der Waals surface area (Å²) >= 11 is 1.99. The Morgan fingerprint density at radius 1 is 1.41 bits per heavy atom. The van der Waals surface area contributed by atoms with Crippen molar-refractivity contribution in [1.82, 2.24) is 5.32 Å². The summed E-state index contributed by atoms with van der Waals surface area (Å²) in [6, 6.07) is 2.79. The molecule has 1 aliphatic carbocycles. The molecule has 0 fully saturated rings. The average molecular weight is 253 g/mol. The van der Waals surface area contributed by atoms with E-state index >= 15 is 0 Å². The highest BCUT2D eigenvalue weighted by molar-refractivity contribution is 7.12. The quantitative estimate of drug-likeness (QED) is 0.753. The normalized spacial score (nSPS) is 16.1. The summed E-state index contributed by atoms with van der Waals surface area (Å²) in [6.07, 6.45) is 5.01. The second-order valence-corrected chi connectivity index (χ2v) is 5.80. The van der Waals surface area contributed by atoms with E-state index in [0.717, 1.165) is 26.2 Å². The minimum Gasteiger partial charge on any atom is -0.379 e. The largest absolute Gasteiger partial charge is 0.379 e. The maximum Gasteiger partial charge on any atom is 0.0669 e. The molecule has 1 unspecified atom stereocenters. The Kier molecular flexibility index (Phi) is 5.01. The summed E-state index contributed by atoms with van der Waals surface area (Å²) in [5, 5.41) is 3.53. The molecule has 1 atom stereocenters. The van der Waals surface area contributed by atoms with E-state index in [1.807, 2.05) is 11.3 Å². The van der Waals surface area contributed by atoms with E-state index < -0.39 is 0 Å². The van der Waals surface area contributed by atoms with Crippen LogP contribution >= 0.6 is 11.3 Å². The van der Waals surface area contributed by atoms with E-state index in [1.54, 1.807) is 10.4 Å². The molecule has 0 saturated heterocycles. The highest BCUT2D eigenvalue weighted by atomic mass is 32.1. The molecule has 96 valence electrons. The van der Waals surface area contributed by atoms with E-state index in [2.05, 4.69) is 25.2 Å². The molecule has 0 aliphatic heterocycles. The number of nitrogens with one attached hydrogen (secondary N) is 1. The van der Waals surface area contributed by atoms with E-state index in [0.29, 0.717) is 6.04 Å². The maximum atomic E-state index is 5.70. The number of rotatable bonds is 7. The van der Waals surface area contributed by atoms with Crippen LogP contribution < -0.4 is 5.32 Å². The Balaban J connectivity index is 1.98. The van der Waals surface area contributed by atoms with Crippen molar-refractivity contribution < 1.29 is 4.74 Å². The second-order valence-electron chi connectivity index (χ2n) is 4.64. The first-order valence-corrected chi connectivity index (χ1v) is 7.59. The molecule has 2 rings (SSSR count). The van der Waals surface area contributed by atoms with Crippen LogP contribution in [0, 0.1) is 0 Å². The lowest BCUT2D eigenvalue weighted by molar-refractivity contribution is 0.113. The van der Waals surface area contributed by atoms with E-state index in [-0.39, 0.29) is 0 Å². The lowest BCUT2D eigenvalue weighted by atomic mass is 10.2. The Bertz CT molecular complexity index is 326. The van der Waals surface area contributed by atoms with Gasteiger partial charge in [-0.25, -0.2) is 0 Å². The van der Waals surface area contributed by atoms with Crippen molar-refractivity contribution in [3.05, 3.63) is 21.4 Å². The molecule has 3 heteroatoms. The zero-order valence-corrected chi connectivity index (χ0v) is 11.7. The number of fused-ring (bicyclic) bond motifs is 1. The van der Waals surface area contributed by atoms with Gasteiger partial charge in [-0.1, -0.05) is 13.8 Å². The summed E-state index contributed by atoms with van der Waals surface area (Å²) in [4.78, 5) is 3.08. The second kappa shape index (κ2) is 6.53. The SMILES string of the molecule is CCCOCC(NCC)c1cc2c(s1)CCC2. The molecule has 0 radical (unpaired) electrons. The first kappa shape index (κ1) is 13.1. The van der Waals surface area contributed by atoms with Gasteiger partial charge in [-0.15, -0.1) is 11.3 Å². The van der Waals surface area contributed by atoms with Crippen LogP contribution in [0.1, 0.15) is 48.0 Å². The van der Waals surface area contributed by atoms with Gasteiger partial charge in [-0.2, -0.15) is 0 Å². The van der Waals surface area contributed by atoms with Gasteiger partial charge in [0.05, 0.1) is 12.6 Å². The molecule has 0 saturated carbocycles. The summed E-state index contributed by atoms with van der Waals surface area (Å²) < 4.78 is 5.70. The minimum absolute atomic E-state index is 0.391.